The third-order valence-electron chi connectivity index (χ3n) is 7.58. The van der Waals surface area contributed by atoms with Crippen molar-refractivity contribution in [1.82, 2.24) is 29.5 Å². The summed E-state index contributed by atoms with van der Waals surface area (Å²) in [4.78, 5) is 7.21. The maximum absolute atomic E-state index is 9.59. The van der Waals surface area contributed by atoms with Gasteiger partial charge >= 0.3 is 0 Å². The Balaban J connectivity index is 1.32. The van der Waals surface area contributed by atoms with Crippen LogP contribution in [0.2, 0.25) is 25.7 Å². The van der Waals surface area contributed by atoms with Crippen LogP contribution in [0.1, 0.15) is 19.3 Å². The highest BCUT2D eigenvalue weighted by Gasteiger charge is 2.48. The zero-order valence-corrected chi connectivity index (χ0v) is 22.2. The van der Waals surface area contributed by atoms with Crippen LogP contribution in [0.25, 0.3) is 22.2 Å². The molecule has 186 valence electrons. The van der Waals surface area contributed by atoms with Crippen molar-refractivity contribution in [3.63, 3.8) is 0 Å². The smallest absolute Gasteiger partial charge is 0.142 e. The molecule has 35 heavy (non-hydrogen) atoms. The molecule has 0 atom stereocenters. The van der Waals surface area contributed by atoms with Crippen LogP contribution in [0.15, 0.2) is 36.9 Å². The first-order valence-corrected chi connectivity index (χ1v) is 16.5. The predicted octanol–water partition coefficient (Wildman–Crippen LogP) is 3.89. The topological polar surface area (TPSA) is 83.9 Å². The van der Waals surface area contributed by atoms with Gasteiger partial charge in [-0.3, -0.25) is 9.58 Å². The third kappa shape index (κ3) is 5.07. The van der Waals surface area contributed by atoms with Gasteiger partial charge in [-0.15, -0.1) is 0 Å². The molecule has 1 saturated heterocycles. The first-order chi connectivity index (χ1) is 16.9. The van der Waals surface area contributed by atoms with E-state index in [-0.39, 0.29) is 5.54 Å². The molecule has 4 heterocycles. The number of piperazine rings is 1. The maximum atomic E-state index is 9.59. The second-order valence-corrected chi connectivity index (χ2v) is 16.9. The Morgan fingerprint density at radius 1 is 1.23 bits per heavy atom. The number of hydrogen-bond acceptors (Lipinski definition) is 6. The lowest BCUT2D eigenvalue weighted by Gasteiger charge is -2.51. The monoisotopic (exact) mass is 491 g/mol. The minimum absolute atomic E-state index is 0.204. The fourth-order valence-electron chi connectivity index (χ4n) is 5.39. The lowest BCUT2D eigenvalue weighted by Crippen LogP contribution is -2.59. The highest BCUT2D eigenvalue weighted by atomic mass is 28.3. The number of nitrogens with zero attached hydrogens (tertiary/aromatic N) is 6. The predicted molar refractivity (Wildman–Crippen MR) is 141 cm³/mol. The van der Waals surface area contributed by atoms with Crippen LogP contribution < -0.4 is 5.32 Å². The molecule has 1 N–H and O–H groups in total. The molecule has 0 unspecified atom stereocenters. The number of rotatable bonds is 9. The number of ether oxygens (including phenoxy) is 1. The summed E-state index contributed by atoms with van der Waals surface area (Å²) in [5.41, 5.74) is 2.91. The van der Waals surface area contributed by atoms with Gasteiger partial charge in [-0.2, -0.15) is 10.4 Å². The van der Waals surface area contributed by atoms with Crippen molar-refractivity contribution in [2.24, 2.45) is 0 Å². The molecule has 8 nitrogen and oxygen atoms in total. The molecule has 2 aliphatic rings. The molecule has 1 aliphatic heterocycles. The molecule has 1 saturated carbocycles. The Kier molecular flexibility index (Phi) is 6.81. The van der Waals surface area contributed by atoms with E-state index < -0.39 is 8.07 Å². The second-order valence-electron chi connectivity index (χ2n) is 11.3. The summed E-state index contributed by atoms with van der Waals surface area (Å²) in [5, 5.41) is 18.9. The van der Waals surface area contributed by atoms with E-state index in [0.29, 0.717) is 19.2 Å². The average molecular weight is 492 g/mol. The summed E-state index contributed by atoms with van der Waals surface area (Å²) < 4.78 is 10.1. The molecule has 0 bridgehead atoms. The molecule has 0 radical (unpaired) electrons. The third-order valence-corrected chi connectivity index (χ3v) is 9.28. The van der Waals surface area contributed by atoms with Crippen molar-refractivity contribution in [3.05, 3.63) is 36.9 Å². The molecule has 5 rings (SSSR count). The summed E-state index contributed by atoms with van der Waals surface area (Å²) in [5.74, 6) is 0. The van der Waals surface area contributed by atoms with Gasteiger partial charge in [0.05, 0.1) is 24.2 Å². The summed E-state index contributed by atoms with van der Waals surface area (Å²) in [7, 11) is -1.10. The number of pyridine rings is 1. The fourth-order valence-corrected chi connectivity index (χ4v) is 6.15. The van der Waals surface area contributed by atoms with E-state index in [0.717, 1.165) is 73.8 Å². The molecule has 0 spiro atoms. The quantitative estimate of drug-likeness (QED) is 0.361. The Labute approximate surface area is 208 Å². The van der Waals surface area contributed by atoms with Crippen LogP contribution in [-0.2, 0) is 17.0 Å². The van der Waals surface area contributed by atoms with Crippen molar-refractivity contribution in [2.75, 3.05) is 32.8 Å². The first-order valence-electron chi connectivity index (χ1n) is 12.8. The average Bonchev–Trinajstić information content (AvgIpc) is 3.47. The molecule has 0 amide bonds. The molecule has 2 fully saturated rings. The van der Waals surface area contributed by atoms with Gasteiger partial charge in [0.15, 0.2) is 0 Å². The normalized spacial score (nSPS) is 23.3. The number of fused-ring (bicyclic) bond motifs is 1. The van der Waals surface area contributed by atoms with Gasteiger partial charge in [-0.05, 0) is 36.6 Å². The van der Waals surface area contributed by atoms with E-state index in [1.54, 1.807) is 0 Å². The van der Waals surface area contributed by atoms with Crippen molar-refractivity contribution >= 4 is 19.1 Å². The molecule has 0 aromatic carbocycles. The van der Waals surface area contributed by atoms with Crippen LogP contribution in [0.3, 0.4) is 0 Å². The van der Waals surface area contributed by atoms with E-state index in [1.807, 2.05) is 12.4 Å². The molecule has 3 aromatic rings. The van der Waals surface area contributed by atoms with Crippen molar-refractivity contribution < 1.29 is 4.74 Å². The van der Waals surface area contributed by atoms with E-state index >= 15 is 0 Å². The molecule has 9 heteroatoms. The van der Waals surface area contributed by atoms with E-state index in [4.69, 9.17) is 9.84 Å². The Hall–Kier alpha value is -2.51. The van der Waals surface area contributed by atoms with Crippen molar-refractivity contribution in [2.45, 2.75) is 63.3 Å². The number of aromatic nitrogens is 4. The number of nitrogens with one attached hydrogen (secondary N) is 1. The highest BCUT2D eigenvalue weighted by Crippen LogP contribution is 2.45. The molecular formula is C26H37N7OSi. The van der Waals surface area contributed by atoms with Crippen molar-refractivity contribution in [3.8, 4) is 17.2 Å². The highest BCUT2D eigenvalue weighted by molar-refractivity contribution is 6.76. The van der Waals surface area contributed by atoms with Crippen LogP contribution in [-0.4, -0.2) is 71.1 Å². The van der Waals surface area contributed by atoms with Gasteiger partial charge in [0, 0.05) is 76.4 Å². The van der Waals surface area contributed by atoms with Gasteiger partial charge in [0.1, 0.15) is 12.4 Å². The Morgan fingerprint density at radius 2 is 2.03 bits per heavy atom. The van der Waals surface area contributed by atoms with E-state index in [1.165, 1.54) is 0 Å². The SMILES string of the molecule is C[Si](C)(C)CCOCn1ccc2c(-c3cnn(C4(CC#N)CC(N5CCNCC5)C4)c3)ccnc21. The fraction of sp³-hybridized carbons (Fsp3) is 0.577. The van der Waals surface area contributed by atoms with Gasteiger partial charge in [-0.1, -0.05) is 19.6 Å². The molecule has 3 aromatic heterocycles. The Morgan fingerprint density at radius 3 is 2.77 bits per heavy atom. The Bertz CT molecular complexity index is 1190. The van der Waals surface area contributed by atoms with Crippen LogP contribution in [0.4, 0.5) is 0 Å². The van der Waals surface area contributed by atoms with E-state index in [2.05, 4.69) is 74.7 Å². The largest absolute Gasteiger partial charge is 0.361 e. The molecule has 1 aliphatic carbocycles. The zero-order valence-electron chi connectivity index (χ0n) is 21.2. The lowest BCUT2D eigenvalue weighted by molar-refractivity contribution is -0.00107. The van der Waals surface area contributed by atoms with Crippen LogP contribution in [0, 0.1) is 11.3 Å². The minimum atomic E-state index is -1.10. The van der Waals surface area contributed by atoms with Gasteiger partial charge in [0.25, 0.3) is 0 Å². The standard InChI is InChI=1S/C26H37N7OSi/c1-35(2,3)15-14-34-20-32-11-5-24-23(4-8-29-25(24)32)21-18-30-33(19-21)26(6-7-27)16-22(17-26)31-12-9-28-10-13-31/h4-5,8,11,18-19,22,28H,6,9-10,12-17,20H2,1-3H3. The summed E-state index contributed by atoms with van der Waals surface area (Å²) >= 11 is 0. The zero-order chi connectivity index (χ0) is 24.5. The van der Waals surface area contributed by atoms with Gasteiger partial charge in [-0.25, -0.2) is 4.98 Å². The first kappa shape index (κ1) is 24.2. The summed E-state index contributed by atoms with van der Waals surface area (Å²) in [6.07, 6.45) is 10.4. The van der Waals surface area contributed by atoms with Crippen molar-refractivity contribution in [1.29, 1.82) is 5.26 Å². The van der Waals surface area contributed by atoms with E-state index in [9.17, 15) is 5.26 Å². The molecular weight excluding hydrogens is 454 g/mol. The van der Waals surface area contributed by atoms with Gasteiger partial charge < -0.3 is 14.6 Å². The van der Waals surface area contributed by atoms with Crippen LogP contribution in [0.5, 0.6) is 0 Å². The van der Waals surface area contributed by atoms with Gasteiger partial charge in [0.2, 0.25) is 0 Å². The summed E-state index contributed by atoms with van der Waals surface area (Å²) in [6, 6.07) is 8.30. The van der Waals surface area contributed by atoms with Crippen LogP contribution >= 0.6 is 0 Å². The second kappa shape index (κ2) is 9.86. The maximum Gasteiger partial charge on any atom is 0.142 e. The minimum Gasteiger partial charge on any atom is -0.361 e. The lowest BCUT2D eigenvalue weighted by atomic mass is 9.70. The summed E-state index contributed by atoms with van der Waals surface area (Å²) in [6.45, 7) is 12.7. The number of hydrogen-bond donors (Lipinski definition) is 1. The number of nitriles is 1.